The maximum absolute atomic E-state index is 11.8. The van der Waals surface area contributed by atoms with Gasteiger partial charge in [0.2, 0.25) is 5.91 Å². The fraction of sp³-hybridized carbons (Fsp3) is 0.615. The first kappa shape index (κ1) is 12.2. The van der Waals surface area contributed by atoms with Gasteiger partial charge in [0.05, 0.1) is 5.41 Å². The Morgan fingerprint density at radius 1 is 1.47 bits per heavy atom. The molecule has 102 valence electrons. The van der Waals surface area contributed by atoms with Crippen LogP contribution in [0.5, 0.6) is 0 Å². The van der Waals surface area contributed by atoms with Crippen LogP contribution in [0, 0.1) is 11.3 Å². The molecule has 2 saturated carbocycles. The van der Waals surface area contributed by atoms with Crippen molar-refractivity contribution in [3.05, 3.63) is 18.5 Å². The predicted molar refractivity (Wildman–Crippen MR) is 66.2 cm³/mol. The lowest BCUT2D eigenvalue weighted by atomic mass is 10.0. The van der Waals surface area contributed by atoms with Crippen LogP contribution in [0.15, 0.2) is 18.5 Å². The topological polar surface area (TPSA) is 84.2 Å². The van der Waals surface area contributed by atoms with E-state index in [9.17, 15) is 14.7 Å². The number of aliphatic carboxylic acids is 1. The monoisotopic (exact) mass is 263 g/mol. The first-order chi connectivity index (χ1) is 9.10. The van der Waals surface area contributed by atoms with E-state index in [1.165, 1.54) is 0 Å². The Hall–Kier alpha value is -1.85. The summed E-state index contributed by atoms with van der Waals surface area (Å²) < 4.78 is 1.71. The summed E-state index contributed by atoms with van der Waals surface area (Å²) in [6.07, 6.45) is 6.04. The molecule has 2 aliphatic rings. The maximum Gasteiger partial charge on any atom is 0.310 e. The number of nitrogens with zero attached hydrogens (tertiary/aromatic N) is 2. The normalized spacial score (nSPS) is 31.8. The molecule has 1 amide bonds. The van der Waals surface area contributed by atoms with E-state index in [0.29, 0.717) is 19.4 Å². The predicted octanol–water partition coefficient (Wildman–Crippen LogP) is 0.643. The van der Waals surface area contributed by atoms with Gasteiger partial charge < -0.3 is 10.4 Å². The summed E-state index contributed by atoms with van der Waals surface area (Å²) in [6, 6.07) is 1.85. The van der Waals surface area contributed by atoms with Crippen molar-refractivity contribution in [2.75, 3.05) is 0 Å². The largest absolute Gasteiger partial charge is 0.481 e. The summed E-state index contributed by atoms with van der Waals surface area (Å²) in [6.45, 7) is 0.555. The van der Waals surface area contributed by atoms with Crippen molar-refractivity contribution < 1.29 is 14.7 Å². The highest BCUT2D eigenvalue weighted by atomic mass is 16.4. The number of hydrogen-bond acceptors (Lipinski definition) is 3. The summed E-state index contributed by atoms with van der Waals surface area (Å²) >= 11 is 0. The van der Waals surface area contributed by atoms with Gasteiger partial charge in [0.25, 0.3) is 0 Å². The van der Waals surface area contributed by atoms with Crippen molar-refractivity contribution in [1.82, 2.24) is 15.1 Å². The molecule has 6 nitrogen and oxygen atoms in total. The number of carboxylic acid groups (broad SMARTS) is 1. The molecule has 1 aromatic rings. The van der Waals surface area contributed by atoms with Crippen LogP contribution in [0.1, 0.15) is 25.7 Å². The Kier molecular flexibility index (Phi) is 2.80. The number of amides is 1. The second-order valence-corrected chi connectivity index (χ2v) is 5.59. The van der Waals surface area contributed by atoms with Crippen molar-refractivity contribution in [2.45, 2.75) is 38.3 Å². The summed E-state index contributed by atoms with van der Waals surface area (Å²) in [4.78, 5) is 22.9. The van der Waals surface area contributed by atoms with Gasteiger partial charge in [-0.1, -0.05) is 0 Å². The van der Waals surface area contributed by atoms with Crippen LogP contribution < -0.4 is 5.32 Å². The minimum Gasteiger partial charge on any atom is -0.481 e. The van der Waals surface area contributed by atoms with Crippen molar-refractivity contribution in [3.8, 4) is 0 Å². The van der Waals surface area contributed by atoms with E-state index >= 15 is 0 Å². The molecule has 0 radical (unpaired) electrons. The van der Waals surface area contributed by atoms with E-state index < -0.39 is 11.4 Å². The Morgan fingerprint density at radius 3 is 2.95 bits per heavy atom. The minimum atomic E-state index is -0.703. The van der Waals surface area contributed by atoms with Gasteiger partial charge in [0.15, 0.2) is 0 Å². The van der Waals surface area contributed by atoms with E-state index in [0.717, 1.165) is 12.8 Å². The van der Waals surface area contributed by atoms with Gasteiger partial charge in [-0.15, -0.1) is 0 Å². The summed E-state index contributed by atoms with van der Waals surface area (Å²) in [7, 11) is 0. The van der Waals surface area contributed by atoms with Gasteiger partial charge >= 0.3 is 5.97 Å². The van der Waals surface area contributed by atoms with Crippen LogP contribution in [-0.4, -0.2) is 32.8 Å². The molecule has 6 heteroatoms. The Bertz CT molecular complexity index is 499. The molecule has 2 aliphatic carbocycles. The van der Waals surface area contributed by atoms with Gasteiger partial charge in [-0.05, 0) is 31.2 Å². The molecule has 2 N–H and O–H groups in total. The van der Waals surface area contributed by atoms with E-state index in [2.05, 4.69) is 10.4 Å². The lowest BCUT2D eigenvalue weighted by Crippen LogP contribution is -2.35. The smallest absolute Gasteiger partial charge is 0.310 e. The molecule has 2 fully saturated rings. The molecule has 3 rings (SSSR count). The number of carboxylic acids is 1. The first-order valence-corrected chi connectivity index (χ1v) is 6.60. The average molecular weight is 263 g/mol. The minimum absolute atomic E-state index is 0.0256. The fourth-order valence-corrected chi connectivity index (χ4v) is 3.21. The fourth-order valence-electron chi connectivity index (χ4n) is 3.21. The highest BCUT2D eigenvalue weighted by Crippen LogP contribution is 2.63. The third-order valence-electron chi connectivity index (χ3n) is 4.33. The molecular weight excluding hydrogens is 246 g/mol. The zero-order valence-corrected chi connectivity index (χ0v) is 10.6. The molecule has 0 spiro atoms. The first-order valence-electron chi connectivity index (χ1n) is 6.60. The van der Waals surface area contributed by atoms with Crippen molar-refractivity contribution >= 4 is 11.9 Å². The molecular formula is C13H17N3O3. The number of fused-ring (bicyclic) bond motifs is 1. The van der Waals surface area contributed by atoms with Crippen LogP contribution in [0.2, 0.25) is 0 Å². The van der Waals surface area contributed by atoms with Crippen LogP contribution in [0.4, 0.5) is 0 Å². The van der Waals surface area contributed by atoms with E-state index in [1.807, 2.05) is 12.3 Å². The van der Waals surface area contributed by atoms with Crippen molar-refractivity contribution in [3.63, 3.8) is 0 Å². The number of rotatable bonds is 5. The molecule has 0 aromatic carbocycles. The molecule has 0 unspecified atom stereocenters. The van der Waals surface area contributed by atoms with E-state index in [-0.39, 0.29) is 17.9 Å². The van der Waals surface area contributed by atoms with Crippen LogP contribution >= 0.6 is 0 Å². The molecule has 1 aromatic heterocycles. The highest BCUT2D eigenvalue weighted by molar-refractivity contribution is 5.80. The Balaban J connectivity index is 1.45. The third kappa shape index (κ3) is 2.22. The Labute approximate surface area is 110 Å². The number of carbonyl (C=O) groups excluding carboxylic acids is 1. The lowest BCUT2D eigenvalue weighted by molar-refractivity contribution is -0.143. The molecule has 3 atom stereocenters. The van der Waals surface area contributed by atoms with Gasteiger partial charge in [-0.25, -0.2) is 0 Å². The molecule has 0 aliphatic heterocycles. The van der Waals surface area contributed by atoms with Gasteiger partial charge in [0.1, 0.15) is 0 Å². The summed E-state index contributed by atoms with van der Waals surface area (Å²) in [5.74, 6) is -0.463. The van der Waals surface area contributed by atoms with Crippen LogP contribution in [0.3, 0.4) is 0 Å². The second-order valence-electron chi connectivity index (χ2n) is 5.59. The number of hydrogen-bond donors (Lipinski definition) is 2. The van der Waals surface area contributed by atoms with Crippen LogP contribution in [-0.2, 0) is 16.1 Å². The van der Waals surface area contributed by atoms with Gasteiger partial charge in [-0.3, -0.25) is 14.3 Å². The van der Waals surface area contributed by atoms with Gasteiger partial charge in [0, 0.05) is 31.4 Å². The summed E-state index contributed by atoms with van der Waals surface area (Å²) in [5.41, 5.74) is -0.528. The lowest BCUT2D eigenvalue weighted by Gasteiger charge is -2.15. The van der Waals surface area contributed by atoms with Crippen molar-refractivity contribution in [2.24, 2.45) is 11.3 Å². The molecule has 0 saturated heterocycles. The zero-order chi connectivity index (χ0) is 13.5. The molecule has 0 bridgehead atoms. The molecule has 19 heavy (non-hydrogen) atoms. The highest BCUT2D eigenvalue weighted by Gasteiger charge is 2.65. The quantitative estimate of drug-likeness (QED) is 0.816. The number of carbonyl (C=O) groups is 2. The van der Waals surface area contributed by atoms with E-state index in [4.69, 9.17) is 0 Å². The number of aromatic nitrogens is 2. The standard InChI is InChI=1S/C13H17N3O3/c17-11(2-5-16-4-1-3-14-16)15-10-6-9-7-13(9,8-10)12(18)19/h1,3-4,9-10H,2,5-8H2,(H,15,17)(H,18,19)/t9-,10+,13+/m1/s1. The second kappa shape index (κ2) is 4.36. The maximum atomic E-state index is 11.8. The molecule has 1 heterocycles. The van der Waals surface area contributed by atoms with Gasteiger partial charge in [-0.2, -0.15) is 5.10 Å². The average Bonchev–Trinajstić information content (AvgIpc) is 2.79. The summed E-state index contributed by atoms with van der Waals surface area (Å²) in [5, 5.41) is 16.1. The SMILES string of the molecule is O=C(CCn1cccn1)N[C@H]1C[C@@H]2C[C@]2(C(=O)O)C1. The third-order valence-corrected chi connectivity index (χ3v) is 4.33. The van der Waals surface area contributed by atoms with Crippen molar-refractivity contribution in [1.29, 1.82) is 0 Å². The zero-order valence-electron chi connectivity index (χ0n) is 10.6. The number of nitrogens with one attached hydrogen (secondary N) is 1. The Morgan fingerprint density at radius 2 is 2.32 bits per heavy atom. The van der Waals surface area contributed by atoms with Crippen LogP contribution in [0.25, 0.3) is 0 Å². The number of aryl methyl sites for hydroxylation is 1. The van der Waals surface area contributed by atoms with E-state index in [1.54, 1.807) is 10.9 Å².